The number of alkyl halides is 1. The molecule has 10 heteroatoms. The van der Waals surface area contributed by atoms with Crippen molar-refractivity contribution in [3.8, 4) is 0 Å². The Morgan fingerprint density at radius 3 is 2.68 bits per heavy atom. The lowest BCUT2D eigenvalue weighted by Gasteiger charge is -2.26. The molecule has 4 N–H and O–H groups in total. The van der Waals surface area contributed by atoms with Crippen molar-refractivity contribution in [2.45, 2.75) is 18.6 Å². The van der Waals surface area contributed by atoms with Gasteiger partial charge in [0.15, 0.2) is 5.65 Å². The third-order valence-electron chi connectivity index (χ3n) is 4.75. The minimum Gasteiger partial charge on any atom is -0.366 e. The predicted molar refractivity (Wildman–Crippen MR) is 96.0 cm³/mol. The maximum absolute atomic E-state index is 14.3. The summed E-state index contributed by atoms with van der Waals surface area (Å²) in [6.45, 7) is 0.0241. The lowest BCUT2D eigenvalue weighted by Crippen LogP contribution is -2.25. The molecule has 2 atom stereocenters. The van der Waals surface area contributed by atoms with Crippen molar-refractivity contribution in [2.75, 3.05) is 11.4 Å². The lowest BCUT2D eigenvalue weighted by atomic mass is 10.0. The van der Waals surface area contributed by atoms with Gasteiger partial charge in [0, 0.05) is 18.2 Å². The number of hydrogen-bond acceptors (Lipinski definition) is 5. The fraction of sp³-hybridized carbons (Fsp3) is 0.222. The molecule has 1 aliphatic rings. The predicted octanol–water partition coefficient (Wildman–Crippen LogP) is 1.36. The van der Waals surface area contributed by atoms with Gasteiger partial charge in [-0.1, -0.05) is 0 Å². The van der Waals surface area contributed by atoms with E-state index in [4.69, 9.17) is 11.5 Å². The minimum atomic E-state index is -1.18. The van der Waals surface area contributed by atoms with Gasteiger partial charge in [-0.05, 0) is 29.8 Å². The van der Waals surface area contributed by atoms with Crippen LogP contribution in [0.5, 0.6) is 0 Å². The topological polar surface area (TPSA) is 120 Å². The number of carbonyl (C=O) groups excluding carboxylic acids is 2. The monoisotopic (exact) mass is 386 g/mol. The van der Waals surface area contributed by atoms with Crippen molar-refractivity contribution < 1.29 is 18.4 Å². The van der Waals surface area contributed by atoms with Gasteiger partial charge in [0.2, 0.25) is 5.91 Å². The summed E-state index contributed by atoms with van der Waals surface area (Å²) in [5.74, 6) is -1.71. The normalized spacial score (nSPS) is 19.3. The molecule has 3 heterocycles. The highest BCUT2D eigenvalue weighted by molar-refractivity contribution is 5.98. The number of halogens is 2. The summed E-state index contributed by atoms with van der Waals surface area (Å²) < 4.78 is 29.6. The molecule has 0 bridgehead atoms. The second-order valence-corrected chi connectivity index (χ2v) is 6.62. The van der Waals surface area contributed by atoms with E-state index in [1.165, 1.54) is 22.8 Å². The van der Waals surface area contributed by atoms with Gasteiger partial charge in [0.05, 0.1) is 18.8 Å². The second-order valence-electron chi connectivity index (χ2n) is 6.62. The van der Waals surface area contributed by atoms with Gasteiger partial charge in [0.25, 0.3) is 5.91 Å². The summed E-state index contributed by atoms with van der Waals surface area (Å²) >= 11 is 0. The Balaban J connectivity index is 1.78. The molecule has 0 unspecified atom stereocenters. The Morgan fingerprint density at radius 1 is 1.18 bits per heavy atom. The van der Waals surface area contributed by atoms with Crippen LogP contribution >= 0.6 is 0 Å². The van der Waals surface area contributed by atoms with Crippen LogP contribution < -0.4 is 16.4 Å². The van der Waals surface area contributed by atoms with E-state index < -0.39 is 29.8 Å². The highest BCUT2D eigenvalue weighted by Gasteiger charge is 2.35. The van der Waals surface area contributed by atoms with Gasteiger partial charge in [-0.25, -0.2) is 18.3 Å². The van der Waals surface area contributed by atoms with Crippen molar-refractivity contribution in [3.63, 3.8) is 0 Å². The number of nitrogens with two attached hydrogens (primary N) is 2. The lowest BCUT2D eigenvalue weighted by molar-refractivity contribution is 0.0992. The van der Waals surface area contributed by atoms with Gasteiger partial charge in [0.1, 0.15) is 23.4 Å². The molecule has 1 saturated heterocycles. The molecule has 2 aromatic heterocycles. The van der Waals surface area contributed by atoms with E-state index in [0.717, 1.165) is 6.07 Å². The van der Waals surface area contributed by atoms with Crippen molar-refractivity contribution in [1.82, 2.24) is 14.6 Å². The van der Waals surface area contributed by atoms with E-state index in [1.54, 1.807) is 17.2 Å². The Labute approximate surface area is 157 Å². The van der Waals surface area contributed by atoms with Crippen molar-refractivity contribution in [1.29, 1.82) is 0 Å². The third kappa shape index (κ3) is 3.02. The summed E-state index contributed by atoms with van der Waals surface area (Å²) in [5.41, 5.74) is 11.4. The molecule has 2 amide bonds. The molecule has 0 radical (unpaired) electrons. The van der Waals surface area contributed by atoms with E-state index in [1.807, 2.05) is 0 Å². The van der Waals surface area contributed by atoms with Crippen molar-refractivity contribution in [3.05, 3.63) is 59.2 Å². The standard InChI is InChI=1S/C18H16F2N6O2/c19-11-4-9(3-10(5-11)16(21)27)14-6-12(20)8-25(14)15-1-2-26-18(24-15)13(7-23-26)17(22)28/h1-5,7,12,14H,6,8H2,(H2,21,27)(H2,22,28)/t12-,14+/m0/s1. The Hall–Kier alpha value is -3.56. The number of hydrogen-bond donors (Lipinski definition) is 2. The molecule has 8 nitrogen and oxygen atoms in total. The number of aromatic nitrogens is 3. The third-order valence-corrected chi connectivity index (χ3v) is 4.75. The molecule has 144 valence electrons. The zero-order valence-electron chi connectivity index (χ0n) is 14.5. The first kappa shape index (κ1) is 17.8. The Bertz CT molecular complexity index is 1100. The van der Waals surface area contributed by atoms with Gasteiger partial charge >= 0.3 is 0 Å². The van der Waals surface area contributed by atoms with Crippen LogP contribution in [-0.2, 0) is 0 Å². The van der Waals surface area contributed by atoms with E-state index in [2.05, 4.69) is 10.1 Å². The van der Waals surface area contributed by atoms with Crippen molar-refractivity contribution >= 4 is 23.3 Å². The highest BCUT2D eigenvalue weighted by atomic mass is 19.1. The maximum Gasteiger partial charge on any atom is 0.254 e. The number of carbonyl (C=O) groups is 2. The molecule has 0 aliphatic carbocycles. The zero-order chi connectivity index (χ0) is 20.0. The number of primary amides is 2. The highest BCUT2D eigenvalue weighted by Crippen LogP contribution is 2.37. The smallest absolute Gasteiger partial charge is 0.254 e. The van der Waals surface area contributed by atoms with Crippen molar-refractivity contribution in [2.24, 2.45) is 11.5 Å². The van der Waals surface area contributed by atoms with Gasteiger partial charge in [-0.3, -0.25) is 9.59 Å². The zero-order valence-corrected chi connectivity index (χ0v) is 14.5. The van der Waals surface area contributed by atoms with Crippen LogP contribution in [0.1, 0.15) is 38.7 Å². The largest absolute Gasteiger partial charge is 0.366 e. The van der Waals surface area contributed by atoms with Crippen LogP contribution in [0.15, 0.2) is 36.7 Å². The minimum absolute atomic E-state index is 0.00692. The molecule has 1 fully saturated rings. The van der Waals surface area contributed by atoms with Crippen LogP contribution in [0, 0.1) is 5.82 Å². The summed E-state index contributed by atoms with van der Waals surface area (Å²) in [7, 11) is 0. The Kier molecular flexibility index (Phi) is 4.17. The average molecular weight is 386 g/mol. The molecular formula is C18H16F2N6O2. The summed E-state index contributed by atoms with van der Waals surface area (Å²) in [6, 6.07) is 4.79. The van der Waals surface area contributed by atoms with Gasteiger partial charge in [-0.15, -0.1) is 0 Å². The quantitative estimate of drug-likeness (QED) is 0.702. The van der Waals surface area contributed by atoms with Crippen LogP contribution in [-0.4, -0.2) is 39.1 Å². The van der Waals surface area contributed by atoms with Crippen LogP contribution in [0.25, 0.3) is 5.65 Å². The van der Waals surface area contributed by atoms with E-state index in [9.17, 15) is 18.4 Å². The number of fused-ring (bicyclic) bond motifs is 1. The number of benzene rings is 1. The first-order chi connectivity index (χ1) is 13.3. The first-order valence-electron chi connectivity index (χ1n) is 8.48. The number of rotatable bonds is 4. The summed E-state index contributed by atoms with van der Waals surface area (Å²) in [5, 5.41) is 4.00. The molecule has 1 aliphatic heterocycles. The number of anilines is 1. The first-order valence-corrected chi connectivity index (χ1v) is 8.48. The molecule has 0 spiro atoms. The van der Waals surface area contributed by atoms with E-state index >= 15 is 0 Å². The fourth-order valence-corrected chi connectivity index (χ4v) is 3.49. The van der Waals surface area contributed by atoms with Gasteiger partial charge in [-0.2, -0.15) is 5.10 Å². The molecule has 3 aromatic rings. The molecule has 1 aromatic carbocycles. The maximum atomic E-state index is 14.3. The molecule has 4 rings (SSSR count). The fourth-order valence-electron chi connectivity index (χ4n) is 3.49. The van der Waals surface area contributed by atoms with Gasteiger partial charge < -0.3 is 16.4 Å². The number of nitrogens with zero attached hydrogens (tertiary/aromatic N) is 4. The van der Waals surface area contributed by atoms with Crippen LogP contribution in [0.2, 0.25) is 0 Å². The second kappa shape index (κ2) is 6.55. The van der Waals surface area contributed by atoms with E-state index in [0.29, 0.717) is 11.4 Å². The SMILES string of the molecule is NC(=O)c1cc(F)cc([C@H]2C[C@H](F)CN2c2ccn3ncc(C(N)=O)c3n2)c1. The summed E-state index contributed by atoms with van der Waals surface area (Å²) in [4.78, 5) is 29.1. The van der Waals surface area contributed by atoms with Crippen LogP contribution in [0.4, 0.5) is 14.6 Å². The Morgan fingerprint density at radius 2 is 1.96 bits per heavy atom. The molecule has 28 heavy (non-hydrogen) atoms. The molecular weight excluding hydrogens is 370 g/mol. The van der Waals surface area contributed by atoms with E-state index in [-0.39, 0.29) is 29.7 Å². The average Bonchev–Trinajstić information content (AvgIpc) is 3.24. The molecule has 0 saturated carbocycles. The summed E-state index contributed by atoms with van der Waals surface area (Å²) in [6.07, 6.45) is 1.80. The van der Waals surface area contributed by atoms with Crippen LogP contribution in [0.3, 0.4) is 0 Å². The number of amides is 2.